The van der Waals surface area contributed by atoms with Gasteiger partial charge in [0.05, 0.1) is 37.1 Å². The molecule has 0 atom stereocenters. The maximum Gasteiger partial charge on any atom is 0.416 e. The highest BCUT2D eigenvalue weighted by atomic mass is 32.1. The molecule has 1 aromatic heterocycles. The quantitative estimate of drug-likeness (QED) is 0.340. The van der Waals surface area contributed by atoms with E-state index in [0.29, 0.717) is 34.1 Å². The molecule has 12 heteroatoms. The minimum Gasteiger partial charge on any atom is -0.493 e. The molecule has 1 heterocycles. The summed E-state index contributed by atoms with van der Waals surface area (Å²) in [5, 5.41) is 12.4. The van der Waals surface area contributed by atoms with E-state index in [2.05, 4.69) is 5.32 Å². The van der Waals surface area contributed by atoms with Gasteiger partial charge in [0, 0.05) is 11.3 Å². The number of nitrogens with zero attached hydrogens (tertiary/aromatic N) is 2. The number of nitriles is 1. The number of halogens is 3. The van der Waals surface area contributed by atoms with E-state index in [1.807, 2.05) is 6.07 Å². The Bertz CT molecular complexity index is 1890. The Morgan fingerprint density at radius 2 is 1.71 bits per heavy atom. The van der Waals surface area contributed by atoms with Gasteiger partial charge in [0.1, 0.15) is 10.7 Å². The number of aromatic nitrogens is 1. The fourth-order valence-electron chi connectivity index (χ4n) is 4.22. The van der Waals surface area contributed by atoms with Gasteiger partial charge in [-0.15, -0.1) is 11.3 Å². The van der Waals surface area contributed by atoms with Crippen LogP contribution < -0.4 is 34.3 Å². The molecule has 0 spiro atoms. The maximum atomic E-state index is 13.8. The van der Waals surface area contributed by atoms with Gasteiger partial charge in [-0.05, 0) is 55.0 Å². The average Bonchev–Trinajstić information content (AvgIpc) is 3.27. The minimum absolute atomic E-state index is 0.00744. The molecule has 8 nitrogen and oxygen atoms in total. The lowest BCUT2D eigenvalue weighted by Crippen LogP contribution is -2.32. The summed E-state index contributed by atoms with van der Waals surface area (Å²) in [6, 6.07) is 16.1. The smallest absolute Gasteiger partial charge is 0.416 e. The number of amides is 1. The fraction of sp³-hybridized carbons (Fsp3) is 0.167. The summed E-state index contributed by atoms with van der Waals surface area (Å²) in [6.45, 7) is 1.76. The first-order chi connectivity index (χ1) is 20.0. The van der Waals surface area contributed by atoms with Crippen molar-refractivity contribution in [2.45, 2.75) is 13.1 Å². The van der Waals surface area contributed by atoms with Crippen LogP contribution in [0.4, 0.5) is 18.9 Å². The summed E-state index contributed by atoms with van der Waals surface area (Å²) >= 11 is 0.873. The monoisotopic (exact) mass is 595 g/mol. The van der Waals surface area contributed by atoms with Crippen molar-refractivity contribution < 1.29 is 32.2 Å². The van der Waals surface area contributed by atoms with E-state index in [4.69, 9.17) is 14.2 Å². The van der Waals surface area contributed by atoms with Crippen LogP contribution in [0.1, 0.15) is 16.7 Å². The minimum atomic E-state index is -4.63. The molecule has 1 amide bonds. The largest absolute Gasteiger partial charge is 0.493 e. The maximum absolute atomic E-state index is 13.8. The standard InChI is InChI=1S/C30H24F3N3O5S/c1-17-8-5-6-11-22(17)36-28(38)24(14-18-12-13-23(39-2)26(41-4)25(18)40-3)42-29(36)21(16-34)27(37)35-20-10-7-9-19(15-20)30(31,32)33/h5-15H,1-4H3,(H,35,37)/b24-14+,29-21+. The summed E-state index contributed by atoms with van der Waals surface area (Å²) in [4.78, 5) is 27.1. The molecule has 0 saturated heterocycles. The topological polar surface area (TPSA) is 103 Å². The fourth-order valence-corrected chi connectivity index (χ4v) is 5.31. The number of carbonyl (C=O) groups is 1. The van der Waals surface area contributed by atoms with Crippen LogP contribution in [0.25, 0.3) is 17.3 Å². The van der Waals surface area contributed by atoms with E-state index in [1.54, 1.807) is 43.3 Å². The summed E-state index contributed by atoms with van der Waals surface area (Å²) in [7, 11) is 4.34. The predicted octanol–water partition coefficient (Wildman–Crippen LogP) is 4.39. The number of methoxy groups -OCH3 is 3. The molecular formula is C30H24F3N3O5S. The third kappa shape index (κ3) is 5.87. The highest BCUT2D eigenvalue weighted by Gasteiger charge is 2.30. The van der Waals surface area contributed by atoms with Gasteiger partial charge >= 0.3 is 6.18 Å². The number of benzene rings is 3. The Balaban J connectivity index is 1.99. The number of hydrogen-bond donors (Lipinski definition) is 1. The van der Waals surface area contributed by atoms with Crippen LogP contribution >= 0.6 is 11.3 Å². The van der Waals surface area contributed by atoms with Crippen LogP contribution in [0.15, 0.2) is 65.5 Å². The molecule has 4 rings (SSSR count). The molecule has 0 bridgehead atoms. The van der Waals surface area contributed by atoms with E-state index in [0.717, 1.165) is 29.5 Å². The number of thiazole rings is 1. The number of nitrogens with one attached hydrogen (secondary N) is 1. The van der Waals surface area contributed by atoms with Gasteiger partial charge in [0.15, 0.2) is 17.1 Å². The van der Waals surface area contributed by atoms with Crippen molar-refractivity contribution in [1.82, 2.24) is 4.57 Å². The lowest BCUT2D eigenvalue weighted by molar-refractivity contribution is -0.137. The molecule has 0 aliphatic carbocycles. The molecule has 42 heavy (non-hydrogen) atoms. The van der Waals surface area contributed by atoms with Gasteiger partial charge in [-0.25, -0.2) is 0 Å². The number of rotatable bonds is 7. The Morgan fingerprint density at radius 3 is 2.33 bits per heavy atom. The number of alkyl halides is 3. The van der Waals surface area contributed by atoms with Crippen molar-refractivity contribution >= 4 is 34.6 Å². The average molecular weight is 596 g/mol. The van der Waals surface area contributed by atoms with Crippen molar-refractivity contribution in [3.8, 4) is 29.0 Å². The third-order valence-corrected chi connectivity index (χ3v) is 7.29. The molecule has 0 unspecified atom stereocenters. The van der Waals surface area contributed by atoms with Crippen molar-refractivity contribution in [2.24, 2.45) is 0 Å². The molecule has 0 aliphatic rings. The van der Waals surface area contributed by atoms with Crippen LogP contribution in [-0.2, 0) is 11.0 Å². The normalized spacial score (nSPS) is 12.4. The van der Waals surface area contributed by atoms with Crippen molar-refractivity contribution in [1.29, 1.82) is 5.26 Å². The first-order valence-corrected chi connectivity index (χ1v) is 13.1. The SMILES string of the molecule is COc1ccc(/C=c2/s/c(=C(\C#N)C(=O)Nc3cccc(C(F)(F)F)c3)n(-c3ccccc3C)c2=O)c(OC)c1OC. The van der Waals surface area contributed by atoms with E-state index >= 15 is 0 Å². The van der Waals surface area contributed by atoms with Crippen LogP contribution in [0, 0.1) is 18.3 Å². The Hall–Kier alpha value is -5.02. The molecule has 1 N–H and O–H groups in total. The molecule has 0 aliphatic heterocycles. The first-order valence-electron chi connectivity index (χ1n) is 12.3. The number of anilines is 1. The summed E-state index contributed by atoms with van der Waals surface area (Å²) in [5.74, 6) is 0.0210. The van der Waals surface area contributed by atoms with Gasteiger partial charge in [-0.1, -0.05) is 24.3 Å². The Kier molecular flexibility index (Phi) is 8.73. The van der Waals surface area contributed by atoms with Crippen LogP contribution in [0.3, 0.4) is 0 Å². The number of aryl methyl sites for hydroxylation is 1. The Morgan fingerprint density at radius 1 is 1.00 bits per heavy atom. The Labute approximate surface area is 242 Å². The van der Waals surface area contributed by atoms with Gasteiger partial charge in [0.25, 0.3) is 11.5 Å². The van der Waals surface area contributed by atoms with Crippen molar-refractivity contribution in [3.05, 3.63) is 96.9 Å². The number of carbonyl (C=O) groups excluding carboxylic acids is 1. The highest BCUT2D eigenvalue weighted by molar-refractivity contribution is 7.07. The summed E-state index contributed by atoms with van der Waals surface area (Å²) in [6.07, 6.45) is -3.09. The number of para-hydroxylation sites is 1. The highest BCUT2D eigenvalue weighted by Crippen LogP contribution is 2.40. The van der Waals surface area contributed by atoms with E-state index in [9.17, 15) is 28.0 Å². The lowest BCUT2D eigenvalue weighted by atomic mass is 10.1. The predicted molar refractivity (Wildman–Crippen MR) is 153 cm³/mol. The van der Waals surface area contributed by atoms with E-state index in [1.165, 1.54) is 38.0 Å². The first kappa shape index (κ1) is 30.0. The second-order valence-corrected chi connectivity index (χ2v) is 9.82. The van der Waals surface area contributed by atoms with Gasteiger partial charge in [0.2, 0.25) is 5.75 Å². The second-order valence-electron chi connectivity index (χ2n) is 8.79. The van der Waals surface area contributed by atoms with Gasteiger partial charge in [-0.3, -0.25) is 14.2 Å². The van der Waals surface area contributed by atoms with Crippen LogP contribution in [-0.4, -0.2) is 31.8 Å². The number of ether oxygens (including phenoxy) is 3. The zero-order valence-corrected chi connectivity index (χ0v) is 23.6. The van der Waals surface area contributed by atoms with E-state index in [-0.39, 0.29) is 14.9 Å². The summed E-state index contributed by atoms with van der Waals surface area (Å²) in [5.41, 5.74) is -0.545. The molecule has 4 aromatic rings. The van der Waals surface area contributed by atoms with Crippen molar-refractivity contribution in [3.63, 3.8) is 0 Å². The zero-order chi connectivity index (χ0) is 30.6. The summed E-state index contributed by atoms with van der Waals surface area (Å²) < 4.78 is 57.3. The molecular weight excluding hydrogens is 571 g/mol. The molecule has 0 radical (unpaired) electrons. The van der Waals surface area contributed by atoms with Gasteiger partial charge in [-0.2, -0.15) is 18.4 Å². The zero-order valence-electron chi connectivity index (χ0n) is 22.8. The van der Waals surface area contributed by atoms with Crippen LogP contribution in [0.2, 0.25) is 0 Å². The molecule has 0 fully saturated rings. The van der Waals surface area contributed by atoms with E-state index < -0.39 is 28.8 Å². The molecule has 3 aromatic carbocycles. The molecule has 216 valence electrons. The number of hydrogen-bond acceptors (Lipinski definition) is 7. The van der Waals surface area contributed by atoms with Crippen molar-refractivity contribution in [2.75, 3.05) is 26.6 Å². The molecule has 0 saturated carbocycles. The van der Waals surface area contributed by atoms with Crippen LogP contribution in [0.5, 0.6) is 17.2 Å². The lowest BCUT2D eigenvalue weighted by Gasteiger charge is -2.13. The van der Waals surface area contributed by atoms with Gasteiger partial charge < -0.3 is 19.5 Å². The second kappa shape index (κ2) is 12.2. The third-order valence-electron chi connectivity index (χ3n) is 6.20.